The van der Waals surface area contributed by atoms with Gasteiger partial charge in [0.2, 0.25) is 5.91 Å². The minimum Gasteiger partial charge on any atom is -0.326 e. The van der Waals surface area contributed by atoms with Crippen LogP contribution in [0.3, 0.4) is 0 Å². The van der Waals surface area contributed by atoms with Crippen LogP contribution in [0, 0.1) is 0 Å². The Labute approximate surface area is 120 Å². The van der Waals surface area contributed by atoms with Crippen molar-refractivity contribution >= 4 is 23.2 Å². The normalized spacial score (nSPS) is 11.8. The first-order valence-corrected chi connectivity index (χ1v) is 6.47. The Morgan fingerprint density at radius 2 is 1.95 bits per heavy atom. The molecule has 1 amide bonds. The Morgan fingerprint density at radius 1 is 1.30 bits per heavy atom. The summed E-state index contributed by atoms with van der Waals surface area (Å²) in [4.78, 5) is 11.6. The molecule has 0 bridgehead atoms. The van der Waals surface area contributed by atoms with Crippen LogP contribution in [0.2, 0.25) is 5.02 Å². The number of alkyl halides is 3. The van der Waals surface area contributed by atoms with E-state index in [1.165, 1.54) is 6.07 Å². The zero-order valence-corrected chi connectivity index (χ0v) is 11.9. The van der Waals surface area contributed by atoms with Gasteiger partial charge in [-0.2, -0.15) is 13.2 Å². The van der Waals surface area contributed by atoms with Gasteiger partial charge in [0.05, 0.1) is 5.56 Å². The lowest BCUT2D eigenvalue weighted by Crippen LogP contribution is -2.27. The van der Waals surface area contributed by atoms with E-state index in [1.807, 2.05) is 13.8 Å². The second-order valence-corrected chi connectivity index (χ2v) is 5.07. The van der Waals surface area contributed by atoms with Gasteiger partial charge in [-0.05, 0) is 18.2 Å². The molecule has 3 nitrogen and oxygen atoms in total. The summed E-state index contributed by atoms with van der Waals surface area (Å²) >= 11 is 5.62. The second-order valence-electron chi connectivity index (χ2n) is 4.63. The van der Waals surface area contributed by atoms with Gasteiger partial charge in [-0.3, -0.25) is 4.79 Å². The number of hydrogen-bond acceptors (Lipinski definition) is 2. The summed E-state index contributed by atoms with van der Waals surface area (Å²) < 4.78 is 37.8. The molecule has 0 atom stereocenters. The summed E-state index contributed by atoms with van der Waals surface area (Å²) in [6, 6.07) is 3.20. The second kappa shape index (κ2) is 6.95. The summed E-state index contributed by atoms with van der Waals surface area (Å²) in [7, 11) is 0. The first-order chi connectivity index (χ1) is 9.18. The average molecular weight is 309 g/mol. The molecule has 2 N–H and O–H groups in total. The lowest BCUT2D eigenvalue weighted by molar-refractivity contribution is -0.137. The van der Waals surface area contributed by atoms with E-state index in [2.05, 4.69) is 10.6 Å². The topological polar surface area (TPSA) is 41.1 Å². The van der Waals surface area contributed by atoms with Crippen LogP contribution in [0.4, 0.5) is 18.9 Å². The summed E-state index contributed by atoms with van der Waals surface area (Å²) in [5.74, 6) is -0.367. The van der Waals surface area contributed by atoms with E-state index in [9.17, 15) is 18.0 Å². The van der Waals surface area contributed by atoms with Crippen LogP contribution in [0.15, 0.2) is 18.2 Å². The van der Waals surface area contributed by atoms with E-state index in [4.69, 9.17) is 11.6 Å². The number of hydrogen-bond donors (Lipinski definition) is 2. The van der Waals surface area contributed by atoms with E-state index in [0.717, 1.165) is 12.1 Å². The maximum absolute atomic E-state index is 12.6. The van der Waals surface area contributed by atoms with Crippen molar-refractivity contribution in [1.29, 1.82) is 0 Å². The first kappa shape index (κ1) is 16.8. The predicted octanol–water partition coefficient (Wildman–Crippen LogP) is 3.69. The molecule has 0 aliphatic rings. The van der Waals surface area contributed by atoms with Crippen LogP contribution in [0.5, 0.6) is 0 Å². The Bertz CT molecular complexity index is 475. The number of benzene rings is 1. The van der Waals surface area contributed by atoms with Crippen molar-refractivity contribution in [2.24, 2.45) is 0 Å². The molecular weight excluding hydrogens is 293 g/mol. The van der Waals surface area contributed by atoms with Crippen LogP contribution in [-0.2, 0) is 11.0 Å². The highest BCUT2D eigenvalue weighted by atomic mass is 35.5. The molecule has 0 fully saturated rings. The fourth-order valence-corrected chi connectivity index (χ4v) is 1.76. The molecule has 0 saturated heterocycles. The van der Waals surface area contributed by atoms with E-state index in [1.54, 1.807) is 0 Å². The van der Waals surface area contributed by atoms with Crippen molar-refractivity contribution in [1.82, 2.24) is 5.32 Å². The van der Waals surface area contributed by atoms with Crippen LogP contribution in [0.25, 0.3) is 0 Å². The third kappa shape index (κ3) is 5.79. The monoisotopic (exact) mass is 308 g/mol. The van der Waals surface area contributed by atoms with Crippen molar-refractivity contribution in [3.63, 3.8) is 0 Å². The van der Waals surface area contributed by atoms with Crippen LogP contribution in [-0.4, -0.2) is 18.5 Å². The molecule has 0 saturated carbocycles. The largest absolute Gasteiger partial charge is 0.416 e. The Hall–Kier alpha value is -1.27. The van der Waals surface area contributed by atoms with Gasteiger partial charge in [-0.1, -0.05) is 25.4 Å². The van der Waals surface area contributed by atoms with Crippen molar-refractivity contribution < 1.29 is 18.0 Å². The fourth-order valence-electron chi connectivity index (χ4n) is 1.52. The molecule has 0 radical (unpaired) electrons. The Kier molecular flexibility index (Phi) is 5.83. The summed E-state index contributed by atoms with van der Waals surface area (Å²) in [5, 5.41) is 5.37. The van der Waals surface area contributed by atoms with Crippen molar-refractivity contribution in [2.45, 2.75) is 32.5 Å². The molecule has 7 heteroatoms. The summed E-state index contributed by atoms with van der Waals surface area (Å²) in [6.07, 6.45) is -4.32. The molecule has 0 aliphatic heterocycles. The Morgan fingerprint density at radius 3 is 2.50 bits per heavy atom. The number of halogens is 4. The molecular formula is C13H16ClF3N2O. The third-order valence-corrected chi connectivity index (χ3v) is 2.63. The van der Waals surface area contributed by atoms with Gasteiger partial charge in [0, 0.05) is 29.7 Å². The van der Waals surface area contributed by atoms with Crippen LogP contribution < -0.4 is 10.6 Å². The molecule has 1 rings (SSSR count). The zero-order valence-electron chi connectivity index (χ0n) is 11.1. The van der Waals surface area contributed by atoms with Gasteiger partial charge in [0.25, 0.3) is 0 Å². The number of amides is 1. The minimum atomic E-state index is -4.50. The van der Waals surface area contributed by atoms with E-state index >= 15 is 0 Å². The maximum atomic E-state index is 12.6. The number of rotatable bonds is 5. The number of carbonyl (C=O) groups is 1. The highest BCUT2D eigenvalue weighted by molar-refractivity contribution is 6.31. The molecule has 0 unspecified atom stereocenters. The first-order valence-electron chi connectivity index (χ1n) is 6.09. The lowest BCUT2D eigenvalue weighted by atomic mass is 10.2. The molecule has 112 valence electrons. The molecule has 0 aromatic heterocycles. The maximum Gasteiger partial charge on any atom is 0.416 e. The lowest BCUT2D eigenvalue weighted by Gasteiger charge is -2.11. The van der Waals surface area contributed by atoms with Gasteiger partial charge in [0.15, 0.2) is 0 Å². The van der Waals surface area contributed by atoms with Crippen molar-refractivity contribution in [2.75, 3.05) is 11.9 Å². The summed E-state index contributed by atoms with van der Waals surface area (Å²) in [6.45, 7) is 4.32. The minimum absolute atomic E-state index is 0.0411. The SMILES string of the molecule is CC(C)NCCC(=O)Nc1cc(Cl)cc(C(F)(F)F)c1. The molecule has 20 heavy (non-hydrogen) atoms. The highest BCUT2D eigenvalue weighted by Crippen LogP contribution is 2.33. The molecule has 0 spiro atoms. The van der Waals surface area contributed by atoms with Gasteiger partial charge >= 0.3 is 6.18 Å². The van der Waals surface area contributed by atoms with E-state index < -0.39 is 11.7 Å². The highest BCUT2D eigenvalue weighted by Gasteiger charge is 2.31. The Balaban J connectivity index is 2.68. The van der Waals surface area contributed by atoms with Gasteiger partial charge in [0.1, 0.15) is 0 Å². The summed E-state index contributed by atoms with van der Waals surface area (Å²) in [5.41, 5.74) is -0.847. The van der Waals surface area contributed by atoms with Gasteiger partial charge in [-0.15, -0.1) is 0 Å². The molecule has 0 heterocycles. The van der Waals surface area contributed by atoms with Crippen molar-refractivity contribution in [3.05, 3.63) is 28.8 Å². The molecule has 1 aromatic rings. The standard InChI is InChI=1S/C13H16ClF3N2O/c1-8(2)18-4-3-12(20)19-11-6-9(13(15,16)17)5-10(14)7-11/h5-8,18H,3-4H2,1-2H3,(H,19,20). The quantitative estimate of drug-likeness (QED) is 0.871. The van der Waals surface area contributed by atoms with E-state index in [-0.39, 0.29) is 29.1 Å². The number of anilines is 1. The van der Waals surface area contributed by atoms with E-state index in [0.29, 0.717) is 6.54 Å². The third-order valence-electron chi connectivity index (χ3n) is 2.41. The predicted molar refractivity (Wildman–Crippen MR) is 72.8 cm³/mol. The number of nitrogens with one attached hydrogen (secondary N) is 2. The van der Waals surface area contributed by atoms with Gasteiger partial charge in [-0.25, -0.2) is 0 Å². The van der Waals surface area contributed by atoms with Gasteiger partial charge < -0.3 is 10.6 Å². The van der Waals surface area contributed by atoms with Crippen LogP contribution >= 0.6 is 11.6 Å². The smallest absolute Gasteiger partial charge is 0.326 e. The number of carbonyl (C=O) groups excluding carboxylic acids is 1. The van der Waals surface area contributed by atoms with Crippen LogP contribution in [0.1, 0.15) is 25.8 Å². The average Bonchev–Trinajstić information content (AvgIpc) is 2.26. The fraction of sp³-hybridized carbons (Fsp3) is 0.462. The molecule has 1 aromatic carbocycles. The zero-order chi connectivity index (χ0) is 15.3. The van der Waals surface area contributed by atoms with Crippen molar-refractivity contribution in [3.8, 4) is 0 Å². The molecule has 0 aliphatic carbocycles.